The van der Waals surface area contributed by atoms with Gasteiger partial charge < -0.3 is 6.53 Å². The normalized spacial score (nSPS) is 9.44. The molecule has 0 aliphatic carbocycles. The number of carbonyl (C=O) groups is 1. The maximum absolute atomic E-state index is 12.2. The minimum Gasteiger partial charge on any atom is -1.00 e. The second kappa shape index (κ2) is 7.71. The first kappa shape index (κ1) is 17.9. The first-order valence-corrected chi connectivity index (χ1v) is 4.78. The maximum Gasteiger partial charge on any atom is 1.00 e. The van der Waals surface area contributed by atoms with Gasteiger partial charge in [0.1, 0.15) is 5.82 Å². The number of benzene rings is 1. The summed E-state index contributed by atoms with van der Waals surface area (Å²) in [6.07, 6.45) is 0. The van der Waals surface area contributed by atoms with Crippen LogP contribution in [0.15, 0.2) is 24.3 Å². The van der Waals surface area contributed by atoms with E-state index in [-0.39, 0.29) is 36.5 Å². The summed E-state index contributed by atoms with van der Waals surface area (Å²) in [5.41, 5.74) is 0.0985. The average molecular weight is 262 g/mol. The van der Waals surface area contributed by atoms with E-state index in [0.717, 1.165) is 12.1 Å². The number of hydrogen-bond acceptors (Lipinski definition) is 3. The van der Waals surface area contributed by atoms with E-state index in [4.69, 9.17) is 22.6 Å². The molecule has 0 spiro atoms. The van der Waals surface area contributed by atoms with Gasteiger partial charge in [0.2, 0.25) is 0 Å². The third-order valence-corrected chi connectivity index (χ3v) is 1.09. The molecule has 0 atom stereocenters. The number of aromatic carboxylic acids is 1. The zero-order chi connectivity index (χ0) is 12.1. The van der Waals surface area contributed by atoms with Crippen LogP contribution in [0.1, 0.15) is 11.8 Å². The quantitative estimate of drug-likeness (QED) is 0.398. The molecule has 0 unspecified atom stereocenters. The zero-order valence-corrected chi connectivity index (χ0v) is 11.0. The van der Waals surface area contributed by atoms with E-state index in [1.807, 2.05) is 0 Å². The second-order valence-electron chi connectivity index (χ2n) is 2.26. The van der Waals surface area contributed by atoms with Gasteiger partial charge in [-0.1, -0.05) is 0 Å². The van der Waals surface area contributed by atoms with Gasteiger partial charge in [-0.3, -0.25) is 9.11 Å². The predicted octanol–water partition coefficient (Wildman–Crippen LogP) is -2.01. The van der Waals surface area contributed by atoms with Crippen LogP contribution < -0.4 is 29.6 Å². The minimum absolute atomic E-state index is 0. The minimum atomic E-state index is -4.67. The van der Waals surface area contributed by atoms with E-state index in [1.165, 1.54) is 12.1 Å². The second-order valence-corrected chi connectivity index (χ2v) is 3.16. The Morgan fingerprint density at radius 1 is 1.19 bits per heavy atom. The first-order chi connectivity index (χ1) is 6.70. The molecule has 0 bridgehead atoms. The van der Waals surface area contributed by atoms with Crippen molar-refractivity contribution in [3.63, 3.8) is 0 Å². The van der Waals surface area contributed by atoms with Crippen LogP contribution >= 0.6 is 0 Å². The SMILES string of the molecule is O=C(O)c1ccc(F)cc1.O=S(=O)(O)O.[H-].[Na+]. The molecule has 0 amide bonds. The molecule has 9 heteroatoms. The smallest absolute Gasteiger partial charge is 1.00 e. The van der Waals surface area contributed by atoms with Gasteiger partial charge in [-0.15, -0.1) is 0 Å². The van der Waals surface area contributed by atoms with Crippen molar-refractivity contribution in [1.29, 1.82) is 0 Å². The molecule has 0 saturated carbocycles. The van der Waals surface area contributed by atoms with Crippen LogP contribution in [0.25, 0.3) is 0 Å². The fourth-order valence-corrected chi connectivity index (χ4v) is 0.592. The summed E-state index contributed by atoms with van der Waals surface area (Å²) in [7, 11) is -4.67. The van der Waals surface area contributed by atoms with Crippen LogP contribution in [0, 0.1) is 5.82 Å². The fourth-order valence-electron chi connectivity index (χ4n) is 0.592. The maximum atomic E-state index is 12.2. The van der Waals surface area contributed by atoms with E-state index in [2.05, 4.69) is 0 Å². The Morgan fingerprint density at radius 2 is 1.50 bits per heavy atom. The summed E-state index contributed by atoms with van der Waals surface area (Å²) in [5, 5.41) is 8.35. The molecule has 0 aromatic heterocycles. The zero-order valence-electron chi connectivity index (χ0n) is 9.16. The number of hydrogen-bond donors (Lipinski definition) is 3. The Morgan fingerprint density at radius 3 is 1.75 bits per heavy atom. The van der Waals surface area contributed by atoms with E-state index in [1.54, 1.807) is 0 Å². The van der Waals surface area contributed by atoms with E-state index >= 15 is 0 Å². The third kappa shape index (κ3) is 11.6. The molecule has 0 fully saturated rings. The van der Waals surface area contributed by atoms with Crippen LogP contribution in [0.5, 0.6) is 0 Å². The summed E-state index contributed by atoms with van der Waals surface area (Å²) in [4.78, 5) is 10.2. The van der Waals surface area contributed by atoms with Gasteiger partial charge in [0.25, 0.3) is 0 Å². The van der Waals surface area contributed by atoms with E-state index < -0.39 is 22.2 Å². The van der Waals surface area contributed by atoms with E-state index in [0.29, 0.717) is 0 Å². The Labute approximate surface area is 114 Å². The molecule has 0 heterocycles. The Bertz CT molecular complexity index is 426. The van der Waals surface area contributed by atoms with Crippen molar-refractivity contribution in [3.05, 3.63) is 35.6 Å². The summed E-state index contributed by atoms with van der Waals surface area (Å²) < 4.78 is 43.7. The topological polar surface area (TPSA) is 112 Å². The molecule has 6 nitrogen and oxygen atoms in total. The van der Waals surface area contributed by atoms with Crippen LogP contribution in [0.2, 0.25) is 0 Å². The van der Waals surface area contributed by atoms with Gasteiger partial charge in [0.15, 0.2) is 0 Å². The van der Waals surface area contributed by atoms with Gasteiger partial charge >= 0.3 is 45.9 Å². The summed E-state index contributed by atoms with van der Waals surface area (Å²) in [6.45, 7) is 0. The molecule has 1 aromatic carbocycles. The molecule has 16 heavy (non-hydrogen) atoms. The van der Waals surface area contributed by atoms with E-state index in [9.17, 15) is 9.18 Å². The molecular formula is C7H8FNaO6S. The molecule has 3 N–H and O–H groups in total. The number of rotatable bonds is 1. The van der Waals surface area contributed by atoms with Crippen molar-refractivity contribution in [3.8, 4) is 0 Å². The van der Waals surface area contributed by atoms with Gasteiger partial charge in [-0.05, 0) is 24.3 Å². The summed E-state index contributed by atoms with van der Waals surface area (Å²) in [5.74, 6) is -1.47. The summed E-state index contributed by atoms with van der Waals surface area (Å²) in [6, 6.07) is 4.67. The first-order valence-electron chi connectivity index (χ1n) is 3.39. The van der Waals surface area contributed by atoms with Crippen molar-refractivity contribution in [2.45, 2.75) is 0 Å². The molecule has 1 aromatic rings. The third-order valence-electron chi connectivity index (χ3n) is 1.09. The largest absolute Gasteiger partial charge is 1.00 e. The predicted molar refractivity (Wildman–Crippen MR) is 48.6 cm³/mol. The standard InChI is InChI=1S/C7H5FO2.Na.H2O4S.H/c8-6-3-1-5(2-4-6)7(9)10;;1-5(2,3)4;/h1-4H,(H,9,10);;(H2,1,2,3,4);/q;+1;;-1. The van der Waals surface area contributed by atoms with Gasteiger partial charge in [-0.25, -0.2) is 9.18 Å². The van der Waals surface area contributed by atoms with Crippen molar-refractivity contribution in [2.24, 2.45) is 0 Å². The van der Waals surface area contributed by atoms with Crippen molar-refractivity contribution in [2.75, 3.05) is 0 Å². The van der Waals surface area contributed by atoms with Crippen LogP contribution in [0.3, 0.4) is 0 Å². The molecule has 0 radical (unpaired) electrons. The van der Waals surface area contributed by atoms with Gasteiger partial charge in [0.05, 0.1) is 5.56 Å². The molecule has 1 rings (SSSR count). The van der Waals surface area contributed by atoms with Crippen molar-refractivity contribution >= 4 is 16.4 Å². The summed E-state index contributed by atoms with van der Waals surface area (Å²) >= 11 is 0. The van der Waals surface area contributed by atoms with Crippen LogP contribution in [0.4, 0.5) is 4.39 Å². The molecule has 86 valence electrons. The Hall–Kier alpha value is -0.510. The average Bonchev–Trinajstić information content (AvgIpc) is 2.01. The number of carboxylic acids is 1. The van der Waals surface area contributed by atoms with Gasteiger partial charge in [-0.2, -0.15) is 8.42 Å². The Kier molecular flexibility index (Phi) is 8.62. The molecule has 0 saturated heterocycles. The molecule has 0 aliphatic rings. The monoisotopic (exact) mass is 262 g/mol. The number of carboxylic acid groups (broad SMARTS) is 1. The van der Waals surface area contributed by atoms with Crippen LogP contribution in [-0.4, -0.2) is 28.6 Å². The molecule has 0 aliphatic heterocycles. The van der Waals surface area contributed by atoms with Crippen molar-refractivity contribution in [1.82, 2.24) is 0 Å². The van der Waals surface area contributed by atoms with Crippen molar-refractivity contribution < 1.29 is 62.8 Å². The fraction of sp³-hybridized carbons (Fsp3) is 0. The van der Waals surface area contributed by atoms with Crippen LogP contribution in [-0.2, 0) is 10.4 Å². The molecular weight excluding hydrogens is 254 g/mol. The number of halogens is 1. The Balaban J connectivity index is -0.000000247. The van der Waals surface area contributed by atoms with Gasteiger partial charge in [0, 0.05) is 0 Å².